The molecule has 2 heterocycles. The van der Waals surface area contributed by atoms with Crippen LogP contribution in [0.5, 0.6) is 0 Å². The highest BCUT2D eigenvalue weighted by Gasteiger charge is 2.25. The van der Waals surface area contributed by atoms with Gasteiger partial charge >= 0.3 is 12.1 Å². The van der Waals surface area contributed by atoms with E-state index in [0.717, 1.165) is 11.4 Å². The van der Waals surface area contributed by atoms with E-state index in [0.29, 0.717) is 43.5 Å². The lowest BCUT2D eigenvalue weighted by Crippen LogP contribution is -2.55. The molecule has 0 spiro atoms. The molecule has 0 bridgehead atoms. The van der Waals surface area contributed by atoms with Crippen LogP contribution >= 0.6 is 11.6 Å². The van der Waals surface area contributed by atoms with E-state index in [4.69, 9.17) is 16.3 Å². The number of aromatic nitrogens is 2. The highest BCUT2D eigenvalue weighted by atomic mass is 35.5. The van der Waals surface area contributed by atoms with Gasteiger partial charge in [0.05, 0.1) is 6.61 Å². The smallest absolute Gasteiger partial charge is 0.409 e. The third kappa shape index (κ3) is 6.55. The minimum atomic E-state index is -0.483. The number of aryl methyl sites for hydroxylation is 2. The summed E-state index contributed by atoms with van der Waals surface area (Å²) in [5.74, 6) is 0.534. The molecular formula is C21H26ClN7O3. The van der Waals surface area contributed by atoms with Gasteiger partial charge in [-0.2, -0.15) is 4.99 Å². The minimum absolute atomic E-state index is 0.244. The zero-order valence-corrected chi connectivity index (χ0v) is 19.0. The van der Waals surface area contributed by atoms with E-state index in [-0.39, 0.29) is 18.0 Å². The SMILES string of the molecule is CCOC(=O)N1CCN(/C(=N/c2nc(C)cc(C)n2)NC(=O)Nc2cccc(Cl)c2)CC1. The number of hydrogen-bond acceptors (Lipinski definition) is 6. The molecule has 3 rings (SSSR count). The molecule has 2 aromatic rings. The summed E-state index contributed by atoms with van der Waals surface area (Å²) in [7, 11) is 0. The van der Waals surface area contributed by atoms with Crippen LogP contribution in [0, 0.1) is 13.8 Å². The number of hydrogen-bond donors (Lipinski definition) is 2. The van der Waals surface area contributed by atoms with Crippen LogP contribution in [0.3, 0.4) is 0 Å². The topological polar surface area (TPSA) is 112 Å². The first kappa shape index (κ1) is 23.3. The van der Waals surface area contributed by atoms with E-state index in [9.17, 15) is 9.59 Å². The Hall–Kier alpha value is -3.40. The fraction of sp³-hybridized carbons (Fsp3) is 0.381. The molecule has 1 aliphatic heterocycles. The Balaban J connectivity index is 1.78. The third-order valence-electron chi connectivity index (χ3n) is 4.59. The number of nitrogens with one attached hydrogen (secondary N) is 2. The molecule has 11 heteroatoms. The molecular weight excluding hydrogens is 434 g/mol. The van der Waals surface area contributed by atoms with Gasteiger partial charge in [-0.25, -0.2) is 19.6 Å². The van der Waals surface area contributed by atoms with Gasteiger partial charge in [0.15, 0.2) is 0 Å². The Labute approximate surface area is 191 Å². The number of urea groups is 1. The quantitative estimate of drug-likeness (QED) is 0.537. The van der Waals surface area contributed by atoms with Crippen LogP contribution in [0.2, 0.25) is 5.02 Å². The lowest BCUT2D eigenvalue weighted by molar-refractivity contribution is 0.0915. The Morgan fingerprint density at radius 2 is 1.75 bits per heavy atom. The third-order valence-corrected chi connectivity index (χ3v) is 4.82. The summed E-state index contributed by atoms with van der Waals surface area (Å²) in [5.41, 5.74) is 2.08. The van der Waals surface area contributed by atoms with Crippen molar-refractivity contribution in [3.63, 3.8) is 0 Å². The number of piperazine rings is 1. The maximum atomic E-state index is 12.7. The summed E-state index contributed by atoms with van der Waals surface area (Å²) in [6.07, 6.45) is -0.352. The van der Waals surface area contributed by atoms with Gasteiger partial charge in [0, 0.05) is 48.3 Å². The Bertz CT molecular complexity index is 986. The van der Waals surface area contributed by atoms with E-state index >= 15 is 0 Å². The number of nitrogens with zero attached hydrogens (tertiary/aromatic N) is 5. The predicted molar refractivity (Wildman–Crippen MR) is 122 cm³/mol. The van der Waals surface area contributed by atoms with Crippen molar-refractivity contribution in [3.05, 3.63) is 46.7 Å². The highest BCUT2D eigenvalue weighted by molar-refractivity contribution is 6.30. The number of ether oxygens (including phenoxy) is 1. The molecule has 0 saturated carbocycles. The first-order chi connectivity index (χ1) is 15.3. The van der Waals surface area contributed by atoms with Gasteiger partial charge in [0.25, 0.3) is 5.95 Å². The van der Waals surface area contributed by atoms with Gasteiger partial charge in [-0.05, 0) is 45.0 Å². The van der Waals surface area contributed by atoms with Gasteiger partial charge in [-0.1, -0.05) is 17.7 Å². The van der Waals surface area contributed by atoms with Crippen molar-refractivity contribution in [2.45, 2.75) is 20.8 Å². The second-order valence-electron chi connectivity index (χ2n) is 7.15. The molecule has 1 aliphatic rings. The lowest BCUT2D eigenvalue weighted by Gasteiger charge is -2.35. The number of rotatable bonds is 3. The molecule has 3 amide bonds. The van der Waals surface area contributed by atoms with Crippen LogP contribution in [0.25, 0.3) is 0 Å². The molecule has 170 valence electrons. The van der Waals surface area contributed by atoms with Gasteiger partial charge in [0.2, 0.25) is 5.96 Å². The van der Waals surface area contributed by atoms with Crippen LogP contribution in [-0.2, 0) is 4.74 Å². The van der Waals surface area contributed by atoms with Gasteiger partial charge in [0.1, 0.15) is 0 Å². The number of guanidine groups is 1. The molecule has 1 aromatic heterocycles. The molecule has 10 nitrogen and oxygen atoms in total. The lowest BCUT2D eigenvalue weighted by atomic mass is 10.3. The van der Waals surface area contributed by atoms with Crippen LogP contribution in [-0.4, -0.2) is 70.6 Å². The van der Waals surface area contributed by atoms with E-state index in [1.807, 2.05) is 24.8 Å². The van der Waals surface area contributed by atoms with Crippen LogP contribution in [0.15, 0.2) is 35.3 Å². The van der Waals surface area contributed by atoms with Crippen molar-refractivity contribution >= 4 is 41.3 Å². The Kier molecular flexibility index (Phi) is 7.82. The molecule has 1 fully saturated rings. The fourth-order valence-corrected chi connectivity index (χ4v) is 3.37. The van der Waals surface area contributed by atoms with E-state index in [2.05, 4.69) is 25.6 Å². The van der Waals surface area contributed by atoms with Gasteiger partial charge in [-0.15, -0.1) is 0 Å². The Morgan fingerprint density at radius 1 is 1.09 bits per heavy atom. The Morgan fingerprint density at radius 3 is 2.38 bits per heavy atom. The highest BCUT2D eigenvalue weighted by Crippen LogP contribution is 2.15. The van der Waals surface area contributed by atoms with Crippen LogP contribution < -0.4 is 10.6 Å². The number of anilines is 1. The van der Waals surface area contributed by atoms with Crippen molar-refractivity contribution in [1.29, 1.82) is 0 Å². The largest absolute Gasteiger partial charge is 0.450 e. The number of aliphatic imine (C=N–C) groups is 1. The molecule has 0 aliphatic carbocycles. The molecule has 32 heavy (non-hydrogen) atoms. The molecule has 0 atom stereocenters. The summed E-state index contributed by atoms with van der Waals surface area (Å²) in [4.78, 5) is 41.3. The summed E-state index contributed by atoms with van der Waals surface area (Å²) >= 11 is 5.99. The average Bonchev–Trinajstić information content (AvgIpc) is 2.73. The molecule has 1 aromatic carbocycles. The fourth-order valence-electron chi connectivity index (χ4n) is 3.18. The number of amides is 3. The normalized spacial score (nSPS) is 14.2. The van der Waals surface area contributed by atoms with E-state index in [1.165, 1.54) is 0 Å². The minimum Gasteiger partial charge on any atom is -0.450 e. The van der Waals surface area contributed by atoms with E-state index in [1.54, 1.807) is 36.1 Å². The number of benzene rings is 1. The van der Waals surface area contributed by atoms with Crippen LogP contribution in [0.4, 0.5) is 21.2 Å². The number of halogens is 1. The second kappa shape index (κ2) is 10.8. The standard InChI is InChI=1S/C21H26ClN7O3/c1-4-32-21(31)29-10-8-28(9-11-29)19(26-18-23-14(2)12-15(3)24-18)27-20(30)25-17-7-5-6-16(22)13-17/h5-7,12-13H,4,8-11H2,1-3H3,(H2,23,24,25,26,27,30). The summed E-state index contributed by atoms with van der Waals surface area (Å²) in [6.45, 7) is 7.58. The van der Waals surface area contributed by atoms with Crippen molar-refractivity contribution < 1.29 is 14.3 Å². The first-order valence-corrected chi connectivity index (χ1v) is 10.6. The molecule has 0 radical (unpaired) electrons. The first-order valence-electron chi connectivity index (χ1n) is 10.2. The molecule has 0 unspecified atom stereocenters. The summed E-state index contributed by atoms with van der Waals surface area (Å²) in [6, 6.07) is 8.19. The van der Waals surface area contributed by atoms with Crippen molar-refractivity contribution in [3.8, 4) is 0 Å². The number of carbonyl (C=O) groups is 2. The van der Waals surface area contributed by atoms with Crippen LogP contribution in [0.1, 0.15) is 18.3 Å². The monoisotopic (exact) mass is 459 g/mol. The predicted octanol–water partition coefficient (Wildman–Crippen LogP) is 3.33. The second-order valence-corrected chi connectivity index (χ2v) is 7.59. The maximum absolute atomic E-state index is 12.7. The maximum Gasteiger partial charge on any atom is 0.409 e. The number of carbonyl (C=O) groups excluding carboxylic acids is 2. The zero-order chi connectivity index (χ0) is 23.1. The van der Waals surface area contributed by atoms with E-state index < -0.39 is 6.03 Å². The van der Waals surface area contributed by atoms with Crippen molar-refractivity contribution in [2.75, 3.05) is 38.1 Å². The van der Waals surface area contributed by atoms with Gasteiger partial charge in [-0.3, -0.25) is 5.32 Å². The summed E-state index contributed by atoms with van der Waals surface area (Å²) in [5, 5.41) is 6.03. The van der Waals surface area contributed by atoms with Crippen molar-refractivity contribution in [1.82, 2.24) is 25.1 Å². The van der Waals surface area contributed by atoms with Gasteiger partial charge < -0.3 is 19.9 Å². The van der Waals surface area contributed by atoms with Crippen molar-refractivity contribution in [2.24, 2.45) is 4.99 Å². The zero-order valence-electron chi connectivity index (χ0n) is 18.3. The summed E-state index contributed by atoms with van der Waals surface area (Å²) < 4.78 is 5.07. The molecule has 1 saturated heterocycles. The molecule has 2 N–H and O–H groups in total. The average molecular weight is 460 g/mol.